The van der Waals surface area contributed by atoms with Gasteiger partial charge in [0.2, 0.25) is 0 Å². The maximum atomic E-state index is 1.70. The van der Waals surface area contributed by atoms with Gasteiger partial charge >= 0.3 is 0 Å². The smallest absolute Gasteiger partial charge is 0.0535 e. The zero-order chi connectivity index (χ0) is 6.86. The zero-order valence-electron chi connectivity index (χ0n) is 6.86. The van der Waals surface area contributed by atoms with Gasteiger partial charge in [-0.05, 0) is 0 Å². The van der Waals surface area contributed by atoms with Crippen molar-refractivity contribution in [3.63, 3.8) is 0 Å². The van der Waals surface area contributed by atoms with Gasteiger partial charge in [-0.25, -0.2) is 0 Å². The predicted molar refractivity (Wildman–Crippen MR) is 48.1 cm³/mol. The van der Waals surface area contributed by atoms with Crippen LogP contribution in [-0.4, -0.2) is 8.07 Å². The summed E-state index contributed by atoms with van der Waals surface area (Å²) in [7, 11) is -0.480. The minimum Gasteiger partial charge on any atom is -0.0580 e. The van der Waals surface area contributed by atoms with E-state index in [2.05, 4.69) is 0 Å². The predicted octanol–water partition coefficient (Wildman–Crippen LogP) is 3.41. The minimum atomic E-state index is -0.480. The molecule has 58 valence electrons. The first kappa shape index (κ1) is 6.90. The van der Waals surface area contributed by atoms with Crippen LogP contribution in [0.1, 0.15) is 32.1 Å². The third-order valence-corrected chi connectivity index (χ3v) is 9.24. The number of hydrogen-bond acceptors (Lipinski definition) is 0. The third kappa shape index (κ3) is 1.16. The normalized spacial score (nSPS) is 31.2. The van der Waals surface area contributed by atoms with Gasteiger partial charge in [0.1, 0.15) is 0 Å². The highest BCUT2D eigenvalue weighted by molar-refractivity contribution is 6.82. The molecule has 2 saturated heterocycles. The average Bonchev–Trinajstić information content (AvgIpc) is 2.08. The molecule has 0 bridgehead atoms. The fourth-order valence-electron chi connectivity index (χ4n) is 2.66. The molecule has 0 aromatic rings. The Morgan fingerprint density at radius 3 is 1.40 bits per heavy atom. The van der Waals surface area contributed by atoms with Gasteiger partial charge in [0.15, 0.2) is 0 Å². The monoisotopic (exact) mass is 154 g/mol. The average molecular weight is 154 g/mol. The molecule has 2 aliphatic heterocycles. The first-order valence-corrected chi connectivity index (χ1v) is 7.74. The molecule has 2 aliphatic rings. The SMILES string of the molecule is C1CCC[Si]2(CC1)CCC2. The van der Waals surface area contributed by atoms with Crippen molar-refractivity contribution in [3.05, 3.63) is 0 Å². The summed E-state index contributed by atoms with van der Waals surface area (Å²) < 4.78 is 0. The van der Waals surface area contributed by atoms with Crippen LogP contribution in [0.5, 0.6) is 0 Å². The van der Waals surface area contributed by atoms with Gasteiger partial charge in [-0.3, -0.25) is 0 Å². The van der Waals surface area contributed by atoms with E-state index in [9.17, 15) is 0 Å². The standard InChI is InChI=1S/C9H18Si/c1-2-4-7-10(6-3-1)8-5-9-10/h1-9H2. The van der Waals surface area contributed by atoms with Crippen molar-refractivity contribution in [1.82, 2.24) is 0 Å². The van der Waals surface area contributed by atoms with Crippen LogP contribution in [0.2, 0.25) is 24.2 Å². The Morgan fingerprint density at radius 1 is 0.500 bits per heavy atom. The molecule has 0 saturated carbocycles. The Labute approximate surface area is 65.0 Å². The molecular weight excluding hydrogens is 136 g/mol. The molecule has 1 spiro atoms. The van der Waals surface area contributed by atoms with Crippen LogP contribution >= 0.6 is 0 Å². The van der Waals surface area contributed by atoms with Crippen LogP contribution in [0.4, 0.5) is 0 Å². The van der Waals surface area contributed by atoms with Gasteiger partial charge in [0, 0.05) is 0 Å². The molecule has 1 heteroatoms. The van der Waals surface area contributed by atoms with Crippen LogP contribution < -0.4 is 0 Å². The van der Waals surface area contributed by atoms with Crippen LogP contribution in [-0.2, 0) is 0 Å². The Morgan fingerprint density at radius 2 is 1.00 bits per heavy atom. The molecule has 0 aromatic heterocycles. The molecule has 0 N–H and O–H groups in total. The van der Waals surface area contributed by atoms with Crippen LogP contribution in [0.15, 0.2) is 0 Å². The maximum absolute atomic E-state index is 1.70. The first-order valence-electron chi connectivity index (χ1n) is 4.91. The molecule has 0 atom stereocenters. The highest BCUT2D eigenvalue weighted by Gasteiger charge is 2.38. The largest absolute Gasteiger partial charge is 0.0580 e. The van der Waals surface area contributed by atoms with Gasteiger partial charge in [-0.2, -0.15) is 0 Å². The van der Waals surface area contributed by atoms with Gasteiger partial charge in [0.25, 0.3) is 0 Å². The molecule has 0 aliphatic carbocycles. The molecule has 0 radical (unpaired) electrons. The minimum absolute atomic E-state index is 0.480. The summed E-state index contributed by atoms with van der Waals surface area (Å²) in [6.45, 7) is 0. The topological polar surface area (TPSA) is 0 Å². The molecule has 0 aromatic carbocycles. The maximum Gasteiger partial charge on any atom is 0.0535 e. The van der Waals surface area contributed by atoms with E-state index >= 15 is 0 Å². The lowest BCUT2D eigenvalue weighted by molar-refractivity contribution is 0.720. The van der Waals surface area contributed by atoms with Crippen LogP contribution in [0.3, 0.4) is 0 Å². The molecular formula is C9H18Si. The van der Waals surface area contributed by atoms with E-state index in [0.29, 0.717) is 0 Å². The Bertz CT molecular complexity index is 106. The summed E-state index contributed by atoms with van der Waals surface area (Å²) in [6.07, 6.45) is 7.87. The second kappa shape index (κ2) is 2.69. The van der Waals surface area contributed by atoms with E-state index < -0.39 is 8.07 Å². The second-order valence-electron chi connectivity index (χ2n) is 4.27. The molecule has 0 nitrogen and oxygen atoms in total. The van der Waals surface area contributed by atoms with E-state index in [-0.39, 0.29) is 0 Å². The zero-order valence-corrected chi connectivity index (χ0v) is 7.86. The van der Waals surface area contributed by atoms with E-state index in [1.807, 2.05) is 0 Å². The summed E-state index contributed by atoms with van der Waals surface area (Å²) in [4.78, 5) is 0. The molecule has 0 amide bonds. The van der Waals surface area contributed by atoms with Crippen molar-refractivity contribution >= 4 is 8.07 Å². The molecule has 2 heterocycles. The summed E-state index contributed by atoms with van der Waals surface area (Å²) in [5.41, 5.74) is 0. The number of rotatable bonds is 0. The lowest BCUT2D eigenvalue weighted by Gasteiger charge is -2.39. The van der Waals surface area contributed by atoms with Crippen molar-refractivity contribution in [3.8, 4) is 0 Å². The molecule has 0 unspecified atom stereocenters. The summed E-state index contributed by atoms with van der Waals surface area (Å²) in [6, 6.07) is 6.81. The van der Waals surface area contributed by atoms with Crippen molar-refractivity contribution < 1.29 is 0 Å². The highest BCUT2D eigenvalue weighted by Crippen LogP contribution is 2.43. The summed E-state index contributed by atoms with van der Waals surface area (Å²) in [5.74, 6) is 0. The van der Waals surface area contributed by atoms with Gasteiger partial charge in [0.05, 0.1) is 8.07 Å². The van der Waals surface area contributed by atoms with E-state index in [4.69, 9.17) is 0 Å². The Balaban J connectivity index is 1.92. The fourth-order valence-corrected chi connectivity index (χ4v) is 7.26. The summed E-state index contributed by atoms with van der Waals surface area (Å²) >= 11 is 0. The van der Waals surface area contributed by atoms with Gasteiger partial charge in [-0.1, -0.05) is 56.3 Å². The van der Waals surface area contributed by atoms with Crippen LogP contribution in [0.25, 0.3) is 0 Å². The van der Waals surface area contributed by atoms with Crippen LogP contribution in [0, 0.1) is 0 Å². The highest BCUT2D eigenvalue weighted by atomic mass is 28.3. The third-order valence-electron chi connectivity index (χ3n) is 3.58. The molecule has 10 heavy (non-hydrogen) atoms. The lowest BCUT2D eigenvalue weighted by atomic mass is 10.2. The molecule has 2 rings (SSSR count). The van der Waals surface area contributed by atoms with Crippen molar-refractivity contribution in [2.75, 3.05) is 0 Å². The van der Waals surface area contributed by atoms with Gasteiger partial charge in [-0.15, -0.1) is 0 Å². The van der Waals surface area contributed by atoms with Crippen molar-refractivity contribution in [2.45, 2.75) is 56.3 Å². The quantitative estimate of drug-likeness (QED) is 0.469. The van der Waals surface area contributed by atoms with E-state index in [1.165, 1.54) is 0 Å². The number of hydrogen-bond donors (Lipinski definition) is 0. The lowest BCUT2D eigenvalue weighted by Crippen LogP contribution is -2.40. The second-order valence-corrected chi connectivity index (χ2v) is 9.27. The molecule has 2 fully saturated rings. The fraction of sp³-hybridized carbons (Fsp3) is 1.00. The van der Waals surface area contributed by atoms with Crippen molar-refractivity contribution in [2.24, 2.45) is 0 Å². The summed E-state index contributed by atoms with van der Waals surface area (Å²) in [5, 5.41) is 0. The van der Waals surface area contributed by atoms with E-state index in [0.717, 1.165) is 0 Å². The van der Waals surface area contributed by atoms with Gasteiger partial charge < -0.3 is 0 Å². The first-order chi connectivity index (χ1) is 4.91. The Kier molecular flexibility index (Phi) is 1.85. The van der Waals surface area contributed by atoms with E-state index in [1.54, 1.807) is 56.3 Å². The Hall–Kier alpha value is 0.217. The van der Waals surface area contributed by atoms with Crippen molar-refractivity contribution in [1.29, 1.82) is 0 Å².